The van der Waals surface area contributed by atoms with Gasteiger partial charge in [-0.1, -0.05) is 6.07 Å². The Bertz CT molecular complexity index is 547. The Morgan fingerprint density at radius 1 is 1.50 bits per heavy atom. The van der Waals surface area contributed by atoms with Crippen molar-refractivity contribution in [3.05, 3.63) is 23.9 Å². The standard InChI is InChI=1S/C15H22N4O3/c1-18(2)13-11(5-3-7-16-13)9-17-15(22)19-8-4-6-12(10-19)14(20)21/h3,5,7,12H,4,6,8-10H2,1-2H3,(H,17,22)(H,20,21). The van der Waals surface area contributed by atoms with Gasteiger partial charge in [-0.05, 0) is 18.9 Å². The third kappa shape index (κ3) is 3.87. The molecule has 0 radical (unpaired) electrons. The first-order valence-electron chi connectivity index (χ1n) is 7.36. The SMILES string of the molecule is CN(C)c1ncccc1CNC(=O)N1CCCC(C(=O)O)C1. The first kappa shape index (κ1) is 16.1. The maximum absolute atomic E-state index is 12.2. The fraction of sp³-hybridized carbons (Fsp3) is 0.533. The van der Waals surface area contributed by atoms with Gasteiger partial charge < -0.3 is 20.2 Å². The molecule has 2 N–H and O–H groups in total. The predicted octanol–water partition coefficient (Wildman–Crippen LogP) is 1.15. The molecule has 7 heteroatoms. The number of anilines is 1. The van der Waals surface area contributed by atoms with Crippen molar-refractivity contribution in [2.75, 3.05) is 32.1 Å². The molecule has 1 atom stereocenters. The number of carboxylic acid groups (broad SMARTS) is 1. The van der Waals surface area contributed by atoms with Crippen LogP contribution in [0, 0.1) is 5.92 Å². The molecule has 1 unspecified atom stereocenters. The quantitative estimate of drug-likeness (QED) is 0.871. The van der Waals surface area contributed by atoms with Crippen molar-refractivity contribution in [2.45, 2.75) is 19.4 Å². The van der Waals surface area contributed by atoms with Crippen LogP contribution in [0.5, 0.6) is 0 Å². The summed E-state index contributed by atoms with van der Waals surface area (Å²) in [7, 11) is 3.80. The van der Waals surface area contributed by atoms with E-state index in [9.17, 15) is 9.59 Å². The molecule has 2 rings (SSSR count). The Kier molecular flexibility index (Phi) is 5.19. The van der Waals surface area contributed by atoms with Crippen molar-refractivity contribution in [3.63, 3.8) is 0 Å². The fourth-order valence-electron chi connectivity index (χ4n) is 2.62. The van der Waals surface area contributed by atoms with E-state index in [1.165, 1.54) is 0 Å². The van der Waals surface area contributed by atoms with E-state index in [-0.39, 0.29) is 12.6 Å². The van der Waals surface area contributed by atoms with Gasteiger partial charge in [0.25, 0.3) is 0 Å². The first-order chi connectivity index (χ1) is 10.5. The summed E-state index contributed by atoms with van der Waals surface area (Å²) >= 11 is 0. The van der Waals surface area contributed by atoms with Gasteiger partial charge in [-0.15, -0.1) is 0 Å². The second-order valence-electron chi connectivity index (χ2n) is 5.66. The zero-order valence-corrected chi connectivity index (χ0v) is 13.0. The Morgan fingerprint density at radius 3 is 2.95 bits per heavy atom. The van der Waals surface area contributed by atoms with Gasteiger partial charge in [-0.25, -0.2) is 9.78 Å². The van der Waals surface area contributed by atoms with E-state index in [4.69, 9.17) is 5.11 Å². The van der Waals surface area contributed by atoms with Crippen LogP contribution in [0.1, 0.15) is 18.4 Å². The minimum atomic E-state index is -0.834. The van der Waals surface area contributed by atoms with Gasteiger partial charge in [0, 0.05) is 45.5 Å². The van der Waals surface area contributed by atoms with Crippen molar-refractivity contribution in [1.82, 2.24) is 15.2 Å². The zero-order chi connectivity index (χ0) is 16.1. The number of rotatable bonds is 4. The van der Waals surface area contributed by atoms with Crippen LogP contribution in [-0.2, 0) is 11.3 Å². The number of amides is 2. The highest BCUT2D eigenvalue weighted by molar-refractivity contribution is 5.76. The lowest BCUT2D eigenvalue weighted by Gasteiger charge is -2.30. The fourth-order valence-corrected chi connectivity index (χ4v) is 2.62. The van der Waals surface area contributed by atoms with E-state index in [0.29, 0.717) is 19.5 Å². The molecular formula is C15H22N4O3. The minimum Gasteiger partial charge on any atom is -0.481 e. The number of hydrogen-bond donors (Lipinski definition) is 2. The number of piperidine rings is 1. The maximum Gasteiger partial charge on any atom is 0.317 e. The van der Waals surface area contributed by atoms with Gasteiger partial charge in [0.1, 0.15) is 5.82 Å². The lowest BCUT2D eigenvalue weighted by atomic mass is 9.99. The molecule has 120 valence electrons. The molecule has 7 nitrogen and oxygen atoms in total. The van der Waals surface area contributed by atoms with Crippen molar-refractivity contribution < 1.29 is 14.7 Å². The molecule has 1 aromatic rings. The number of nitrogens with one attached hydrogen (secondary N) is 1. The van der Waals surface area contributed by atoms with E-state index < -0.39 is 11.9 Å². The van der Waals surface area contributed by atoms with Crippen LogP contribution in [0.15, 0.2) is 18.3 Å². The Balaban J connectivity index is 1.94. The zero-order valence-electron chi connectivity index (χ0n) is 13.0. The Labute approximate surface area is 129 Å². The monoisotopic (exact) mass is 306 g/mol. The van der Waals surface area contributed by atoms with Gasteiger partial charge in [0.2, 0.25) is 0 Å². The van der Waals surface area contributed by atoms with Crippen LogP contribution in [0.4, 0.5) is 10.6 Å². The number of aromatic nitrogens is 1. The van der Waals surface area contributed by atoms with Gasteiger partial charge in [-0.3, -0.25) is 4.79 Å². The van der Waals surface area contributed by atoms with E-state index in [1.54, 1.807) is 11.1 Å². The number of pyridine rings is 1. The van der Waals surface area contributed by atoms with Crippen molar-refractivity contribution >= 4 is 17.8 Å². The first-order valence-corrected chi connectivity index (χ1v) is 7.36. The van der Waals surface area contributed by atoms with Crippen molar-refractivity contribution in [3.8, 4) is 0 Å². The van der Waals surface area contributed by atoms with E-state index in [1.807, 2.05) is 31.1 Å². The van der Waals surface area contributed by atoms with Gasteiger partial charge in [0.15, 0.2) is 0 Å². The lowest BCUT2D eigenvalue weighted by Crippen LogP contribution is -2.46. The number of urea groups is 1. The highest BCUT2D eigenvalue weighted by Gasteiger charge is 2.28. The smallest absolute Gasteiger partial charge is 0.317 e. The summed E-state index contributed by atoms with van der Waals surface area (Å²) in [6.45, 7) is 1.24. The molecule has 0 spiro atoms. The topological polar surface area (TPSA) is 85.8 Å². The van der Waals surface area contributed by atoms with Crippen molar-refractivity contribution in [2.24, 2.45) is 5.92 Å². The summed E-state index contributed by atoms with van der Waals surface area (Å²) in [5.41, 5.74) is 0.924. The van der Waals surface area contributed by atoms with Crippen LogP contribution in [0.25, 0.3) is 0 Å². The number of hydrogen-bond acceptors (Lipinski definition) is 4. The van der Waals surface area contributed by atoms with Gasteiger partial charge >= 0.3 is 12.0 Å². The molecule has 1 saturated heterocycles. The summed E-state index contributed by atoms with van der Waals surface area (Å²) in [5, 5.41) is 11.9. The summed E-state index contributed by atoms with van der Waals surface area (Å²) in [5.74, 6) is -0.486. The predicted molar refractivity (Wildman–Crippen MR) is 82.7 cm³/mol. The van der Waals surface area contributed by atoms with Gasteiger partial charge in [-0.2, -0.15) is 0 Å². The summed E-state index contributed by atoms with van der Waals surface area (Å²) in [6, 6.07) is 3.52. The molecule has 0 aliphatic carbocycles. The van der Waals surface area contributed by atoms with Crippen LogP contribution >= 0.6 is 0 Å². The molecule has 1 fully saturated rings. The van der Waals surface area contributed by atoms with Crippen LogP contribution in [0.3, 0.4) is 0 Å². The van der Waals surface area contributed by atoms with E-state index in [0.717, 1.165) is 17.8 Å². The molecular weight excluding hydrogens is 284 g/mol. The number of nitrogens with zero attached hydrogens (tertiary/aromatic N) is 3. The average molecular weight is 306 g/mol. The normalized spacial score (nSPS) is 17.9. The third-order valence-electron chi connectivity index (χ3n) is 3.78. The van der Waals surface area contributed by atoms with Crippen molar-refractivity contribution in [1.29, 1.82) is 0 Å². The third-order valence-corrected chi connectivity index (χ3v) is 3.78. The largest absolute Gasteiger partial charge is 0.481 e. The molecule has 0 saturated carbocycles. The number of carbonyl (C=O) groups is 2. The molecule has 1 aliphatic heterocycles. The second-order valence-corrected chi connectivity index (χ2v) is 5.66. The molecule has 1 aromatic heterocycles. The molecule has 0 bridgehead atoms. The molecule has 2 heterocycles. The Hall–Kier alpha value is -2.31. The van der Waals surface area contributed by atoms with E-state index in [2.05, 4.69) is 10.3 Å². The molecule has 22 heavy (non-hydrogen) atoms. The molecule has 0 aromatic carbocycles. The highest BCUT2D eigenvalue weighted by atomic mass is 16.4. The highest BCUT2D eigenvalue weighted by Crippen LogP contribution is 2.17. The number of likely N-dealkylation sites (tertiary alicyclic amines) is 1. The minimum absolute atomic E-state index is 0.223. The molecule has 1 aliphatic rings. The van der Waals surface area contributed by atoms with Crippen LogP contribution < -0.4 is 10.2 Å². The summed E-state index contributed by atoms with van der Waals surface area (Å²) in [4.78, 5) is 31.0. The molecule has 2 amide bonds. The number of carboxylic acids is 1. The second kappa shape index (κ2) is 7.11. The summed E-state index contributed by atoms with van der Waals surface area (Å²) < 4.78 is 0. The number of aliphatic carboxylic acids is 1. The maximum atomic E-state index is 12.2. The number of carbonyl (C=O) groups excluding carboxylic acids is 1. The van der Waals surface area contributed by atoms with Crippen LogP contribution in [-0.4, -0.2) is 54.2 Å². The van der Waals surface area contributed by atoms with Crippen LogP contribution in [0.2, 0.25) is 0 Å². The average Bonchev–Trinajstić information content (AvgIpc) is 2.52. The lowest BCUT2D eigenvalue weighted by molar-refractivity contribution is -0.143. The van der Waals surface area contributed by atoms with E-state index >= 15 is 0 Å². The summed E-state index contributed by atoms with van der Waals surface area (Å²) in [6.07, 6.45) is 3.06. The Morgan fingerprint density at radius 2 is 2.27 bits per heavy atom. The van der Waals surface area contributed by atoms with Gasteiger partial charge in [0.05, 0.1) is 5.92 Å².